The van der Waals surface area contributed by atoms with Gasteiger partial charge in [0.1, 0.15) is 0 Å². The summed E-state index contributed by atoms with van der Waals surface area (Å²) in [6.45, 7) is 6.74. The van der Waals surface area contributed by atoms with Crippen LogP contribution in [-0.2, 0) is 0 Å². The molecule has 0 aliphatic rings. The van der Waals surface area contributed by atoms with E-state index in [2.05, 4.69) is 300 Å². The van der Waals surface area contributed by atoms with Crippen molar-refractivity contribution in [1.29, 1.82) is 0 Å². The van der Waals surface area contributed by atoms with Gasteiger partial charge in [-0.1, -0.05) is 194 Å². The summed E-state index contributed by atoms with van der Waals surface area (Å²) in [6, 6.07) is 96.6. The highest BCUT2D eigenvalue weighted by atomic mass is 15.2. The molecule has 0 bridgehead atoms. The van der Waals surface area contributed by atoms with Crippen LogP contribution in [0, 0.1) is 20.8 Å². The largest absolute Gasteiger partial charge is 0.310 e. The highest BCUT2D eigenvalue weighted by Gasteiger charge is 2.29. The number of fused-ring (bicyclic) bond motifs is 12. The summed E-state index contributed by atoms with van der Waals surface area (Å²) in [5.41, 5.74) is 24.9. The van der Waals surface area contributed by atoms with Crippen molar-refractivity contribution in [1.82, 2.24) is 8.80 Å². The van der Waals surface area contributed by atoms with Gasteiger partial charge in [0.15, 0.2) is 0 Å². The van der Waals surface area contributed by atoms with Gasteiger partial charge in [-0.2, -0.15) is 0 Å². The summed E-state index contributed by atoms with van der Waals surface area (Å²) in [7, 11) is 0. The fourth-order valence-electron chi connectivity index (χ4n) is 13.2. The van der Waals surface area contributed by atoms with Crippen LogP contribution < -0.4 is 9.80 Å². The third-order valence-electron chi connectivity index (χ3n) is 16.9. The van der Waals surface area contributed by atoms with Crippen LogP contribution in [0.4, 0.5) is 34.1 Å². The Kier molecular flexibility index (Phi) is 9.95. The highest BCUT2D eigenvalue weighted by Crippen LogP contribution is 2.53. The molecule has 0 fully saturated rings. The Bertz CT molecular complexity index is 4950. The van der Waals surface area contributed by atoms with E-state index in [1.165, 1.54) is 126 Å². The van der Waals surface area contributed by atoms with Crippen LogP contribution in [0.5, 0.6) is 0 Å². The van der Waals surface area contributed by atoms with Gasteiger partial charge < -0.3 is 18.6 Å². The minimum absolute atomic E-state index is 1.12. The molecule has 0 saturated heterocycles. The number of benzene rings is 12. The Morgan fingerprint density at radius 3 is 1.01 bits per heavy atom. The predicted molar refractivity (Wildman–Crippen MR) is 336 cm³/mol. The second-order valence-electron chi connectivity index (χ2n) is 21.4. The van der Waals surface area contributed by atoms with Gasteiger partial charge in [0.05, 0.1) is 44.5 Å². The van der Waals surface area contributed by atoms with E-state index in [1.807, 2.05) is 0 Å². The first-order valence-electron chi connectivity index (χ1n) is 27.4. The minimum Gasteiger partial charge on any atom is -0.310 e. The van der Waals surface area contributed by atoms with Gasteiger partial charge >= 0.3 is 0 Å². The van der Waals surface area contributed by atoms with E-state index in [0.717, 1.165) is 34.1 Å². The number of aryl methyl sites for hydroxylation is 3. The Balaban J connectivity index is 0.963. The lowest BCUT2D eigenvalue weighted by Gasteiger charge is -2.30. The zero-order valence-corrected chi connectivity index (χ0v) is 44.1. The number of rotatable bonds is 9. The summed E-state index contributed by atoms with van der Waals surface area (Å²) in [5.74, 6) is 0. The number of nitrogens with zero attached hydrogens (tertiary/aromatic N) is 4. The summed E-state index contributed by atoms with van der Waals surface area (Å²) in [6.07, 6.45) is 0. The second kappa shape index (κ2) is 17.4. The summed E-state index contributed by atoms with van der Waals surface area (Å²) in [5, 5.41) is 9.92. The Labute approximate surface area is 458 Å². The molecular formula is C75H52N4. The van der Waals surface area contributed by atoms with Crippen LogP contribution in [0.25, 0.3) is 110 Å². The van der Waals surface area contributed by atoms with Gasteiger partial charge in [-0.05, 0) is 138 Å². The Hall–Kier alpha value is -10.2. The molecule has 79 heavy (non-hydrogen) atoms. The smallest absolute Gasteiger partial charge is 0.0641 e. The van der Waals surface area contributed by atoms with Gasteiger partial charge in [0.2, 0.25) is 0 Å². The molecule has 4 heterocycles. The van der Waals surface area contributed by atoms with Crippen molar-refractivity contribution in [3.8, 4) is 33.4 Å². The number of hydrogen-bond acceptors (Lipinski definition) is 2. The lowest BCUT2D eigenvalue weighted by molar-refractivity contribution is 1.24. The molecule has 0 atom stereocenters. The molecule has 16 aromatic rings. The number of hydrogen-bond donors (Lipinski definition) is 0. The van der Waals surface area contributed by atoms with Crippen molar-refractivity contribution >= 4 is 110 Å². The van der Waals surface area contributed by atoms with Crippen LogP contribution >= 0.6 is 0 Å². The second-order valence-corrected chi connectivity index (χ2v) is 21.4. The number of aromatic nitrogens is 2. The van der Waals surface area contributed by atoms with Gasteiger partial charge in [-0.25, -0.2) is 0 Å². The first-order chi connectivity index (χ1) is 39.0. The van der Waals surface area contributed by atoms with Gasteiger partial charge in [-0.3, -0.25) is 0 Å². The molecule has 0 amide bonds. The zero-order valence-electron chi connectivity index (χ0n) is 44.1. The molecule has 12 aromatic carbocycles. The van der Waals surface area contributed by atoms with Crippen LogP contribution in [0.3, 0.4) is 0 Å². The van der Waals surface area contributed by atoms with Crippen LogP contribution in [-0.4, -0.2) is 8.80 Å². The van der Waals surface area contributed by atoms with E-state index >= 15 is 0 Å². The van der Waals surface area contributed by atoms with Crippen molar-refractivity contribution in [3.63, 3.8) is 0 Å². The van der Waals surface area contributed by atoms with E-state index < -0.39 is 0 Å². The first-order valence-corrected chi connectivity index (χ1v) is 27.4. The Morgan fingerprint density at radius 1 is 0.241 bits per heavy atom. The molecule has 4 aromatic heterocycles. The monoisotopic (exact) mass is 1010 g/mol. The van der Waals surface area contributed by atoms with E-state index in [4.69, 9.17) is 0 Å². The zero-order chi connectivity index (χ0) is 52.5. The minimum atomic E-state index is 1.12. The normalized spacial score (nSPS) is 12.0. The molecule has 0 saturated carbocycles. The van der Waals surface area contributed by atoms with E-state index in [9.17, 15) is 0 Å². The van der Waals surface area contributed by atoms with Crippen LogP contribution in [0.15, 0.2) is 261 Å². The van der Waals surface area contributed by atoms with E-state index in [1.54, 1.807) is 0 Å². The van der Waals surface area contributed by atoms with Crippen molar-refractivity contribution in [2.45, 2.75) is 20.8 Å². The highest BCUT2D eigenvalue weighted by molar-refractivity contribution is 6.32. The Morgan fingerprint density at radius 2 is 0.595 bits per heavy atom. The van der Waals surface area contributed by atoms with Crippen LogP contribution in [0.2, 0.25) is 0 Å². The lowest BCUT2D eigenvalue weighted by Crippen LogP contribution is -2.13. The average Bonchev–Trinajstić information content (AvgIpc) is 2.77. The van der Waals surface area contributed by atoms with Gasteiger partial charge in [-0.15, -0.1) is 0 Å². The molecule has 0 radical (unpaired) electrons. The fourth-order valence-corrected chi connectivity index (χ4v) is 13.2. The van der Waals surface area contributed by atoms with Gasteiger partial charge in [0, 0.05) is 65.8 Å². The molecule has 4 nitrogen and oxygen atoms in total. The molecule has 16 rings (SSSR count). The topological polar surface area (TPSA) is 15.3 Å². The van der Waals surface area contributed by atoms with Crippen molar-refractivity contribution in [2.75, 3.05) is 9.80 Å². The van der Waals surface area contributed by atoms with Crippen molar-refractivity contribution in [3.05, 3.63) is 278 Å². The molecule has 0 unspecified atom stereocenters. The van der Waals surface area contributed by atoms with Crippen molar-refractivity contribution in [2.24, 2.45) is 0 Å². The molecule has 372 valence electrons. The maximum atomic E-state index is 2.56. The standard InChI is InChI=1S/C75H52N4/c1-47-32-35-53(50-20-8-4-9-21-50)42-67(47)76(56-26-14-7-15-27-56)65-40-38-57-61-45-71-62(46-70(61)78-63-30-18-16-28-59(63)72(65)74(57)78)58-39-41-66(73-60-29-17-19-31-64(60)79(71)75(58)73)77(68-43-54(36-33-48(68)2)51-22-10-5-11-23-51)69-44-55(37-34-49(69)3)52-24-12-6-13-25-52/h4-46H,1-3H3. The predicted octanol–water partition coefficient (Wildman–Crippen LogP) is 20.9. The van der Waals surface area contributed by atoms with Gasteiger partial charge in [0.25, 0.3) is 0 Å². The third-order valence-corrected chi connectivity index (χ3v) is 16.9. The maximum Gasteiger partial charge on any atom is 0.0641 e. The SMILES string of the molecule is Cc1ccc(-c2ccccc2)cc1N(c1ccccc1)c1ccc2c3cc4c(cc3n3c5ccccc5c1c23)c1ccc(N(c2cc(-c3ccccc3)ccc2C)c2cc(-c3ccccc3)ccc2C)c2c3ccccc3n4c12. The van der Waals surface area contributed by atoms with E-state index in [0.29, 0.717) is 0 Å². The molecule has 0 aliphatic heterocycles. The number of para-hydroxylation sites is 3. The summed E-state index contributed by atoms with van der Waals surface area (Å²) >= 11 is 0. The molecule has 4 heteroatoms. The van der Waals surface area contributed by atoms with Crippen molar-refractivity contribution < 1.29 is 0 Å². The molecule has 0 spiro atoms. The lowest BCUT2D eigenvalue weighted by atomic mass is 9.97. The maximum absolute atomic E-state index is 2.56. The quantitative estimate of drug-likeness (QED) is 0.143. The molecular weight excluding hydrogens is 957 g/mol. The molecule has 0 N–H and O–H groups in total. The number of anilines is 6. The van der Waals surface area contributed by atoms with Crippen LogP contribution in [0.1, 0.15) is 16.7 Å². The third kappa shape index (κ3) is 6.74. The van der Waals surface area contributed by atoms with E-state index in [-0.39, 0.29) is 0 Å². The summed E-state index contributed by atoms with van der Waals surface area (Å²) < 4.78 is 5.12. The first kappa shape index (κ1) is 45.1. The fraction of sp³-hybridized carbons (Fsp3) is 0.0400. The molecule has 0 aliphatic carbocycles. The average molecular weight is 1010 g/mol. The summed E-state index contributed by atoms with van der Waals surface area (Å²) in [4.78, 5) is 5.04.